The van der Waals surface area contributed by atoms with Gasteiger partial charge in [0, 0.05) is 24.1 Å². The Hall–Kier alpha value is -2.86. The first-order valence-corrected chi connectivity index (χ1v) is 15.2. The summed E-state index contributed by atoms with van der Waals surface area (Å²) >= 11 is 1.39. The fourth-order valence-corrected chi connectivity index (χ4v) is 7.31. The molecule has 2 aliphatic carbocycles. The van der Waals surface area contributed by atoms with E-state index in [0.29, 0.717) is 5.16 Å². The van der Waals surface area contributed by atoms with Gasteiger partial charge in [-0.3, -0.25) is 14.2 Å². The van der Waals surface area contributed by atoms with Gasteiger partial charge < -0.3 is 4.90 Å². The van der Waals surface area contributed by atoms with Gasteiger partial charge in [-0.05, 0) is 62.3 Å². The van der Waals surface area contributed by atoms with Crippen molar-refractivity contribution in [3.63, 3.8) is 0 Å². The second kappa shape index (κ2) is 11.5. The topological polar surface area (TPSA) is 55.2 Å². The van der Waals surface area contributed by atoms with Crippen LogP contribution in [0.5, 0.6) is 0 Å². The van der Waals surface area contributed by atoms with Crippen molar-refractivity contribution in [3.8, 4) is 16.9 Å². The van der Waals surface area contributed by atoms with Crippen LogP contribution in [0.4, 0.5) is 0 Å². The Morgan fingerprint density at radius 3 is 2.47 bits per heavy atom. The van der Waals surface area contributed by atoms with Gasteiger partial charge in [-0.25, -0.2) is 4.98 Å². The van der Waals surface area contributed by atoms with Crippen molar-refractivity contribution in [2.75, 3.05) is 18.8 Å². The molecule has 2 aromatic carbocycles. The molecule has 0 radical (unpaired) electrons. The van der Waals surface area contributed by atoms with Crippen molar-refractivity contribution in [1.29, 1.82) is 0 Å². The lowest BCUT2D eigenvalue weighted by molar-refractivity contribution is -0.128. The van der Waals surface area contributed by atoms with Gasteiger partial charge in [0.05, 0.1) is 22.7 Å². The van der Waals surface area contributed by atoms with Crippen LogP contribution < -0.4 is 5.56 Å². The maximum absolute atomic E-state index is 14.6. The standard InChI is InChI=1S/C32H39N3O2S/c1-4-18-34(19-5-2)27(36)22-38-31-33-29-26-15-8-7-13-24(26)21-32(16-9-6-10-17-32)28(29)30(37)35(31)25-14-11-12-23(3)20-25/h7-8,11-15,20H,4-6,9-10,16-19,21-22H2,1-3H3. The summed E-state index contributed by atoms with van der Waals surface area (Å²) < 4.78 is 1.79. The zero-order valence-electron chi connectivity index (χ0n) is 23.0. The highest BCUT2D eigenvalue weighted by Gasteiger charge is 2.43. The van der Waals surface area contributed by atoms with E-state index in [2.05, 4.69) is 32.0 Å². The second-order valence-electron chi connectivity index (χ2n) is 10.9. The molecule has 0 unspecified atom stereocenters. The summed E-state index contributed by atoms with van der Waals surface area (Å²) in [6.45, 7) is 7.75. The van der Waals surface area contributed by atoms with Gasteiger partial charge in [0.15, 0.2) is 5.16 Å². The minimum absolute atomic E-state index is 0.0333. The number of hydrogen-bond acceptors (Lipinski definition) is 4. The third-order valence-corrected chi connectivity index (χ3v) is 9.04. The largest absolute Gasteiger partial charge is 0.342 e. The molecule has 0 saturated heterocycles. The maximum Gasteiger partial charge on any atom is 0.263 e. The molecule has 0 atom stereocenters. The molecule has 1 saturated carbocycles. The van der Waals surface area contributed by atoms with Crippen LogP contribution in [-0.4, -0.2) is 39.2 Å². The Kier molecular flexibility index (Phi) is 8.08. The molecular weight excluding hydrogens is 490 g/mol. The molecule has 1 spiro atoms. The van der Waals surface area contributed by atoms with E-state index in [1.54, 1.807) is 4.57 Å². The molecule has 2 aliphatic rings. The Morgan fingerprint density at radius 2 is 1.76 bits per heavy atom. The predicted molar refractivity (Wildman–Crippen MR) is 156 cm³/mol. The van der Waals surface area contributed by atoms with E-state index >= 15 is 0 Å². The summed E-state index contributed by atoms with van der Waals surface area (Å²) in [6.07, 6.45) is 8.30. The lowest BCUT2D eigenvalue weighted by Crippen LogP contribution is -2.43. The van der Waals surface area contributed by atoms with Gasteiger partial charge >= 0.3 is 0 Å². The number of carbonyl (C=O) groups is 1. The van der Waals surface area contributed by atoms with E-state index in [9.17, 15) is 9.59 Å². The molecule has 0 aliphatic heterocycles. The molecule has 38 heavy (non-hydrogen) atoms. The van der Waals surface area contributed by atoms with Crippen molar-refractivity contribution >= 4 is 17.7 Å². The van der Waals surface area contributed by atoms with Crippen molar-refractivity contribution in [3.05, 3.63) is 75.6 Å². The molecule has 200 valence electrons. The molecule has 1 fully saturated rings. The number of rotatable bonds is 8. The number of aromatic nitrogens is 2. The average molecular weight is 530 g/mol. The Bertz CT molecular complexity index is 1370. The maximum atomic E-state index is 14.6. The molecule has 5 nitrogen and oxygen atoms in total. The number of benzene rings is 2. The van der Waals surface area contributed by atoms with Crippen LogP contribution in [0.2, 0.25) is 0 Å². The molecule has 0 N–H and O–H groups in total. The van der Waals surface area contributed by atoms with E-state index in [-0.39, 0.29) is 22.6 Å². The fraction of sp³-hybridized carbons (Fsp3) is 0.469. The van der Waals surface area contributed by atoms with E-state index < -0.39 is 0 Å². The van der Waals surface area contributed by atoms with Crippen molar-refractivity contribution in [2.24, 2.45) is 0 Å². The smallest absolute Gasteiger partial charge is 0.263 e. The summed E-state index contributed by atoms with van der Waals surface area (Å²) in [4.78, 5) is 35.0. The monoisotopic (exact) mass is 529 g/mol. The molecule has 3 aromatic rings. The van der Waals surface area contributed by atoms with Crippen LogP contribution in [0.3, 0.4) is 0 Å². The van der Waals surface area contributed by atoms with Crippen LogP contribution in [0.25, 0.3) is 16.9 Å². The first kappa shape index (κ1) is 26.7. The number of hydrogen-bond donors (Lipinski definition) is 0. The van der Waals surface area contributed by atoms with Crippen LogP contribution in [0, 0.1) is 6.92 Å². The molecule has 1 heterocycles. The minimum Gasteiger partial charge on any atom is -0.342 e. The summed E-state index contributed by atoms with van der Waals surface area (Å²) in [5.74, 6) is 0.370. The first-order chi connectivity index (χ1) is 18.5. The Labute approximate surface area is 230 Å². The molecule has 6 heteroatoms. The molecule has 1 aromatic heterocycles. The van der Waals surface area contributed by atoms with Gasteiger partial charge in [0.2, 0.25) is 5.91 Å². The van der Waals surface area contributed by atoms with Crippen LogP contribution >= 0.6 is 11.8 Å². The van der Waals surface area contributed by atoms with Crippen molar-refractivity contribution < 1.29 is 4.79 Å². The van der Waals surface area contributed by atoms with Gasteiger partial charge in [0.1, 0.15) is 0 Å². The normalized spacial score (nSPS) is 15.7. The van der Waals surface area contributed by atoms with E-state index in [1.807, 2.05) is 42.2 Å². The zero-order chi connectivity index (χ0) is 26.7. The molecule has 5 rings (SSSR count). The van der Waals surface area contributed by atoms with Crippen molar-refractivity contribution in [1.82, 2.24) is 14.5 Å². The van der Waals surface area contributed by atoms with Crippen LogP contribution in [0.1, 0.15) is 75.5 Å². The number of nitrogens with zero attached hydrogens (tertiary/aromatic N) is 3. The quantitative estimate of drug-likeness (QED) is 0.240. The van der Waals surface area contributed by atoms with Gasteiger partial charge in [0.25, 0.3) is 5.56 Å². The first-order valence-electron chi connectivity index (χ1n) is 14.2. The Balaban J connectivity index is 1.67. The molecule has 0 bridgehead atoms. The van der Waals surface area contributed by atoms with Crippen LogP contribution in [0.15, 0.2) is 58.5 Å². The van der Waals surface area contributed by atoms with Crippen molar-refractivity contribution in [2.45, 2.75) is 82.7 Å². The zero-order valence-corrected chi connectivity index (χ0v) is 23.8. The number of carbonyl (C=O) groups excluding carboxylic acids is 1. The van der Waals surface area contributed by atoms with E-state index in [4.69, 9.17) is 4.98 Å². The van der Waals surface area contributed by atoms with E-state index in [0.717, 1.165) is 86.1 Å². The Morgan fingerprint density at radius 1 is 1.03 bits per heavy atom. The fourth-order valence-electron chi connectivity index (χ4n) is 6.40. The lowest BCUT2D eigenvalue weighted by atomic mass is 9.62. The van der Waals surface area contributed by atoms with Gasteiger partial charge in [-0.1, -0.05) is 81.3 Å². The lowest BCUT2D eigenvalue weighted by Gasteiger charge is -2.42. The van der Waals surface area contributed by atoms with E-state index in [1.165, 1.54) is 23.7 Å². The number of amides is 1. The van der Waals surface area contributed by atoms with Gasteiger partial charge in [-0.2, -0.15) is 0 Å². The highest BCUT2D eigenvalue weighted by molar-refractivity contribution is 7.99. The second-order valence-corrected chi connectivity index (χ2v) is 11.9. The highest BCUT2D eigenvalue weighted by atomic mass is 32.2. The molecule has 1 amide bonds. The summed E-state index contributed by atoms with van der Waals surface area (Å²) in [6, 6.07) is 16.5. The number of aryl methyl sites for hydroxylation is 1. The summed E-state index contributed by atoms with van der Waals surface area (Å²) in [7, 11) is 0. The predicted octanol–water partition coefficient (Wildman–Crippen LogP) is 6.71. The average Bonchev–Trinajstić information content (AvgIpc) is 2.92. The highest BCUT2D eigenvalue weighted by Crippen LogP contribution is 2.49. The van der Waals surface area contributed by atoms with Gasteiger partial charge in [-0.15, -0.1) is 0 Å². The molecular formula is C32H39N3O2S. The number of fused-ring (bicyclic) bond motifs is 4. The third-order valence-electron chi connectivity index (χ3n) is 8.12. The summed E-state index contributed by atoms with van der Waals surface area (Å²) in [5.41, 5.74) is 5.84. The SMILES string of the molecule is CCCN(CCC)C(=O)CSc1nc2c(c(=O)n1-c1cccc(C)c1)C1(CCCCC1)Cc1ccccc1-2. The van der Waals surface area contributed by atoms with Crippen LogP contribution in [-0.2, 0) is 16.6 Å². The third kappa shape index (κ3) is 5.07. The minimum atomic E-state index is -0.171. The summed E-state index contributed by atoms with van der Waals surface area (Å²) in [5, 5.41) is 0.600. The number of thioether (sulfide) groups is 1.